The Bertz CT molecular complexity index is 858. The van der Waals surface area contributed by atoms with Gasteiger partial charge in [-0.05, 0) is 50.6 Å². The molecular weight excluding hydrogens is 446 g/mol. The number of amides is 2. The molecule has 0 aliphatic heterocycles. The lowest BCUT2D eigenvalue weighted by molar-refractivity contribution is -0.138. The Morgan fingerprint density at radius 3 is 2.37 bits per heavy atom. The van der Waals surface area contributed by atoms with Gasteiger partial charge in [-0.1, -0.05) is 41.4 Å². The minimum absolute atomic E-state index is 0.0370. The molecule has 0 fully saturated rings. The molecule has 0 aliphatic carbocycles. The number of hydrogen-bond donors (Lipinski definition) is 1. The molecule has 0 aromatic heterocycles. The van der Waals surface area contributed by atoms with Gasteiger partial charge in [0.15, 0.2) is 0 Å². The summed E-state index contributed by atoms with van der Waals surface area (Å²) in [5.41, 5.74) is 1.23. The molecule has 2 rings (SSSR count). The zero-order chi connectivity index (χ0) is 22.3. The van der Waals surface area contributed by atoms with E-state index in [-0.39, 0.29) is 35.9 Å². The third-order valence-electron chi connectivity index (χ3n) is 4.40. The standard InChI is InChI=1S/C22H25Cl2FN2O2S/c1-14(2)26-22(29)15(3)27(11-16-7-9-17(23)10-8-16)21(28)13-30-12-18-19(24)5-4-6-20(18)25/h4-10,14-15H,11-13H2,1-3H3,(H,26,29). The van der Waals surface area contributed by atoms with Gasteiger partial charge in [0.25, 0.3) is 0 Å². The second-order valence-electron chi connectivity index (χ2n) is 7.18. The van der Waals surface area contributed by atoms with Gasteiger partial charge in [-0.3, -0.25) is 9.59 Å². The van der Waals surface area contributed by atoms with Crippen LogP contribution < -0.4 is 5.32 Å². The maximum absolute atomic E-state index is 14.0. The average molecular weight is 471 g/mol. The van der Waals surface area contributed by atoms with Gasteiger partial charge in [0.05, 0.1) is 5.75 Å². The third kappa shape index (κ3) is 7.18. The van der Waals surface area contributed by atoms with E-state index in [9.17, 15) is 14.0 Å². The van der Waals surface area contributed by atoms with E-state index in [2.05, 4.69) is 5.32 Å². The van der Waals surface area contributed by atoms with Crippen molar-refractivity contribution in [3.05, 3.63) is 69.5 Å². The predicted molar refractivity (Wildman–Crippen MR) is 122 cm³/mol. The summed E-state index contributed by atoms with van der Waals surface area (Å²) in [6, 6.07) is 10.9. The quantitative estimate of drug-likeness (QED) is 0.540. The van der Waals surface area contributed by atoms with E-state index < -0.39 is 11.9 Å². The Balaban J connectivity index is 2.10. The summed E-state index contributed by atoms with van der Waals surface area (Å²) in [4.78, 5) is 27.0. The van der Waals surface area contributed by atoms with Gasteiger partial charge >= 0.3 is 0 Å². The predicted octanol–water partition coefficient (Wildman–Crippen LogP) is 5.31. The van der Waals surface area contributed by atoms with Crippen molar-refractivity contribution in [2.75, 3.05) is 5.75 Å². The first-order chi connectivity index (χ1) is 14.2. The number of nitrogens with zero attached hydrogens (tertiary/aromatic N) is 1. The maximum atomic E-state index is 14.0. The van der Waals surface area contributed by atoms with Crippen LogP contribution in [0.1, 0.15) is 31.9 Å². The molecule has 0 aliphatic rings. The van der Waals surface area contributed by atoms with Gasteiger partial charge in [-0.25, -0.2) is 4.39 Å². The van der Waals surface area contributed by atoms with E-state index in [1.807, 2.05) is 26.0 Å². The molecule has 0 saturated carbocycles. The van der Waals surface area contributed by atoms with E-state index in [1.54, 1.807) is 31.2 Å². The first kappa shape index (κ1) is 24.5. The summed E-state index contributed by atoms with van der Waals surface area (Å²) in [5, 5.41) is 3.77. The second-order valence-corrected chi connectivity index (χ2v) is 9.01. The van der Waals surface area contributed by atoms with Crippen LogP contribution in [0.3, 0.4) is 0 Å². The van der Waals surface area contributed by atoms with Crippen molar-refractivity contribution in [3.63, 3.8) is 0 Å². The van der Waals surface area contributed by atoms with Crippen molar-refractivity contribution in [1.29, 1.82) is 0 Å². The molecule has 2 aromatic rings. The molecule has 0 bridgehead atoms. The molecule has 0 radical (unpaired) electrons. The molecule has 2 aromatic carbocycles. The highest BCUT2D eigenvalue weighted by atomic mass is 35.5. The summed E-state index contributed by atoms with van der Waals surface area (Å²) in [7, 11) is 0. The summed E-state index contributed by atoms with van der Waals surface area (Å²) < 4.78 is 14.0. The molecule has 2 amide bonds. The van der Waals surface area contributed by atoms with Crippen molar-refractivity contribution in [2.24, 2.45) is 0 Å². The van der Waals surface area contributed by atoms with Crippen LogP contribution in [0.4, 0.5) is 4.39 Å². The Morgan fingerprint density at radius 1 is 1.10 bits per heavy atom. The highest BCUT2D eigenvalue weighted by Crippen LogP contribution is 2.24. The SMILES string of the molecule is CC(C)NC(=O)C(C)N(Cc1ccc(Cl)cc1)C(=O)CSCc1c(F)cccc1Cl. The smallest absolute Gasteiger partial charge is 0.242 e. The number of carbonyl (C=O) groups excluding carboxylic acids is 2. The highest BCUT2D eigenvalue weighted by Gasteiger charge is 2.26. The normalized spacial score (nSPS) is 12.0. The van der Waals surface area contributed by atoms with Crippen LogP contribution >= 0.6 is 35.0 Å². The molecule has 1 N–H and O–H groups in total. The maximum Gasteiger partial charge on any atom is 0.242 e. The van der Waals surface area contributed by atoms with Crippen molar-refractivity contribution >= 4 is 46.8 Å². The number of thioether (sulfide) groups is 1. The van der Waals surface area contributed by atoms with Gasteiger partial charge in [-0.2, -0.15) is 0 Å². The Kier molecular flexibility index (Phi) is 9.46. The fraction of sp³-hybridized carbons (Fsp3) is 0.364. The third-order valence-corrected chi connectivity index (χ3v) is 5.95. The van der Waals surface area contributed by atoms with Gasteiger partial charge < -0.3 is 10.2 Å². The van der Waals surface area contributed by atoms with Crippen molar-refractivity contribution in [2.45, 2.75) is 45.2 Å². The number of halogens is 3. The van der Waals surface area contributed by atoms with E-state index in [4.69, 9.17) is 23.2 Å². The van der Waals surface area contributed by atoms with E-state index >= 15 is 0 Å². The van der Waals surface area contributed by atoms with Crippen LogP contribution in [-0.4, -0.2) is 34.6 Å². The van der Waals surface area contributed by atoms with Crippen LogP contribution in [0.15, 0.2) is 42.5 Å². The summed E-state index contributed by atoms with van der Waals surface area (Å²) in [6.45, 7) is 5.70. The van der Waals surface area contributed by atoms with Crippen LogP contribution in [-0.2, 0) is 21.9 Å². The molecule has 4 nitrogen and oxygen atoms in total. The molecule has 0 heterocycles. The van der Waals surface area contributed by atoms with Gasteiger partial charge in [0.2, 0.25) is 11.8 Å². The van der Waals surface area contributed by atoms with Crippen LogP contribution in [0.2, 0.25) is 10.0 Å². The van der Waals surface area contributed by atoms with Crippen molar-refractivity contribution in [3.8, 4) is 0 Å². The van der Waals surface area contributed by atoms with Crippen LogP contribution in [0.5, 0.6) is 0 Å². The summed E-state index contributed by atoms with van der Waals surface area (Å²) in [6.07, 6.45) is 0. The number of rotatable bonds is 9. The van der Waals surface area contributed by atoms with Crippen molar-refractivity contribution < 1.29 is 14.0 Å². The minimum atomic E-state index is -0.659. The van der Waals surface area contributed by atoms with Crippen LogP contribution in [0.25, 0.3) is 0 Å². The number of benzene rings is 2. The molecule has 0 saturated heterocycles. The molecule has 1 unspecified atom stereocenters. The molecular formula is C22H25Cl2FN2O2S. The first-order valence-electron chi connectivity index (χ1n) is 9.54. The monoisotopic (exact) mass is 470 g/mol. The number of carbonyl (C=O) groups is 2. The second kappa shape index (κ2) is 11.6. The molecule has 162 valence electrons. The van der Waals surface area contributed by atoms with Gasteiger partial charge in [0.1, 0.15) is 11.9 Å². The molecule has 30 heavy (non-hydrogen) atoms. The Hall–Kier alpha value is -1.76. The number of nitrogens with one attached hydrogen (secondary N) is 1. The zero-order valence-electron chi connectivity index (χ0n) is 17.1. The average Bonchev–Trinajstić information content (AvgIpc) is 2.68. The topological polar surface area (TPSA) is 49.4 Å². The molecule has 1 atom stereocenters. The lowest BCUT2D eigenvalue weighted by Crippen LogP contribution is -2.49. The largest absolute Gasteiger partial charge is 0.352 e. The molecule has 0 spiro atoms. The van der Waals surface area contributed by atoms with Crippen LogP contribution in [0, 0.1) is 5.82 Å². The fourth-order valence-corrected chi connectivity index (χ4v) is 4.14. The van der Waals surface area contributed by atoms with E-state index in [0.717, 1.165) is 5.56 Å². The Labute approximate surface area is 191 Å². The molecule has 8 heteroatoms. The van der Waals surface area contributed by atoms with E-state index in [1.165, 1.54) is 22.7 Å². The van der Waals surface area contributed by atoms with Crippen molar-refractivity contribution in [1.82, 2.24) is 10.2 Å². The summed E-state index contributed by atoms with van der Waals surface area (Å²) >= 11 is 13.3. The van der Waals surface area contributed by atoms with Gasteiger partial charge in [0, 0.05) is 33.9 Å². The lowest BCUT2D eigenvalue weighted by Gasteiger charge is -2.29. The van der Waals surface area contributed by atoms with E-state index in [0.29, 0.717) is 15.6 Å². The fourth-order valence-electron chi connectivity index (χ4n) is 2.77. The lowest BCUT2D eigenvalue weighted by atomic mass is 10.1. The first-order valence-corrected chi connectivity index (χ1v) is 11.4. The van der Waals surface area contributed by atoms with Gasteiger partial charge in [-0.15, -0.1) is 11.8 Å². The number of hydrogen-bond acceptors (Lipinski definition) is 3. The Morgan fingerprint density at radius 2 is 1.77 bits per heavy atom. The summed E-state index contributed by atoms with van der Waals surface area (Å²) in [5.74, 6) is -0.482. The zero-order valence-corrected chi connectivity index (χ0v) is 19.5. The highest BCUT2D eigenvalue weighted by molar-refractivity contribution is 7.99. The minimum Gasteiger partial charge on any atom is -0.352 e.